The van der Waals surface area contributed by atoms with Gasteiger partial charge in [-0.15, -0.1) is 11.3 Å². The normalized spacial score (nSPS) is 11.9. The maximum atomic E-state index is 11.6. The summed E-state index contributed by atoms with van der Waals surface area (Å²) in [7, 11) is 1.49. The van der Waals surface area contributed by atoms with Crippen LogP contribution in [0.3, 0.4) is 0 Å². The molecule has 1 rings (SSSR count). The van der Waals surface area contributed by atoms with Crippen molar-refractivity contribution in [3.05, 3.63) is 21.9 Å². The van der Waals surface area contributed by atoms with Crippen LogP contribution in [0.2, 0.25) is 0 Å². The lowest BCUT2D eigenvalue weighted by Crippen LogP contribution is -2.46. The van der Waals surface area contributed by atoms with Crippen molar-refractivity contribution in [3.63, 3.8) is 0 Å². The Bertz CT molecular complexity index is 447. The number of rotatable bonds is 8. The van der Waals surface area contributed by atoms with Gasteiger partial charge in [0.05, 0.1) is 6.54 Å². The number of thiophene rings is 1. The van der Waals surface area contributed by atoms with Crippen LogP contribution in [0.1, 0.15) is 23.1 Å². The Morgan fingerprint density at radius 3 is 2.65 bits per heavy atom. The quantitative estimate of drug-likeness (QED) is 0.680. The Morgan fingerprint density at radius 1 is 1.40 bits per heavy atom. The van der Waals surface area contributed by atoms with Gasteiger partial charge in [0.1, 0.15) is 6.04 Å². The summed E-state index contributed by atoms with van der Waals surface area (Å²) in [6.45, 7) is 2.75. The molecular weight excluding hydrogens is 280 g/mol. The molecule has 0 fully saturated rings. The van der Waals surface area contributed by atoms with Gasteiger partial charge in [0.25, 0.3) is 0 Å². The molecule has 0 aliphatic carbocycles. The Morgan fingerprint density at radius 2 is 2.10 bits per heavy atom. The van der Waals surface area contributed by atoms with Gasteiger partial charge >= 0.3 is 12.0 Å². The first-order valence-corrected chi connectivity index (χ1v) is 7.22. The van der Waals surface area contributed by atoms with E-state index in [4.69, 9.17) is 9.84 Å². The van der Waals surface area contributed by atoms with E-state index in [1.54, 1.807) is 11.3 Å². The molecule has 0 aliphatic heterocycles. The molecule has 0 spiro atoms. The van der Waals surface area contributed by atoms with Crippen LogP contribution in [-0.2, 0) is 22.5 Å². The van der Waals surface area contributed by atoms with Gasteiger partial charge in [0.2, 0.25) is 0 Å². The van der Waals surface area contributed by atoms with E-state index in [0.29, 0.717) is 6.54 Å². The highest BCUT2D eigenvalue weighted by atomic mass is 32.1. The molecule has 7 heteroatoms. The smallest absolute Gasteiger partial charge is 0.326 e. The second kappa shape index (κ2) is 8.55. The molecule has 0 aromatic carbocycles. The molecule has 20 heavy (non-hydrogen) atoms. The van der Waals surface area contributed by atoms with E-state index in [2.05, 4.69) is 17.6 Å². The number of carboxylic acids is 1. The molecule has 0 aliphatic rings. The molecule has 1 atom stereocenters. The molecule has 1 aromatic heterocycles. The molecule has 0 saturated heterocycles. The molecule has 2 amide bonds. The first-order valence-electron chi connectivity index (χ1n) is 6.40. The molecule has 0 bridgehead atoms. The zero-order valence-electron chi connectivity index (χ0n) is 11.6. The number of nitrogens with one attached hydrogen (secondary N) is 2. The van der Waals surface area contributed by atoms with E-state index in [1.807, 2.05) is 12.1 Å². The fourth-order valence-electron chi connectivity index (χ4n) is 1.58. The second-order valence-electron chi connectivity index (χ2n) is 4.22. The van der Waals surface area contributed by atoms with E-state index in [0.717, 1.165) is 11.3 Å². The van der Waals surface area contributed by atoms with Crippen LogP contribution < -0.4 is 10.6 Å². The van der Waals surface area contributed by atoms with E-state index in [9.17, 15) is 9.59 Å². The average Bonchev–Trinajstić information content (AvgIpc) is 2.88. The minimum absolute atomic E-state index is 0.234. The molecule has 1 heterocycles. The number of carboxylic acid groups (broad SMARTS) is 1. The van der Waals surface area contributed by atoms with Crippen LogP contribution in [0.25, 0.3) is 0 Å². The molecule has 0 saturated carbocycles. The first kappa shape index (κ1) is 16.5. The summed E-state index contributed by atoms with van der Waals surface area (Å²) in [5.41, 5.74) is 0. The zero-order chi connectivity index (χ0) is 15.0. The fourth-order valence-corrected chi connectivity index (χ4v) is 2.47. The lowest BCUT2D eigenvalue weighted by molar-refractivity contribution is -0.139. The standard InChI is InChI=1S/C13H20N2O4S/c1-3-9-4-5-10(20-9)8-14-13(18)15-11(12(16)17)6-7-19-2/h4-5,11H,3,6-8H2,1-2H3,(H,16,17)(H2,14,15,18). The van der Waals surface area contributed by atoms with Crippen molar-refractivity contribution < 1.29 is 19.4 Å². The molecule has 112 valence electrons. The largest absolute Gasteiger partial charge is 0.480 e. The number of hydrogen-bond donors (Lipinski definition) is 3. The molecular formula is C13H20N2O4S. The van der Waals surface area contributed by atoms with Crippen LogP contribution in [0, 0.1) is 0 Å². The third kappa shape index (κ3) is 5.58. The van der Waals surface area contributed by atoms with Gasteiger partial charge in [-0.05, 0) is 18.6 Å². The van der Waals surface area contributed by atoms with Crippen molar-refractivity contribution in [2.75, 3.05) is 13.7 Å². The Balaban J connectivity index is 2.39. The number of urea groups is 1. The van der Waals surface area contributed by atoms with Crippen LogP contribution in [-0.4, -0.2) is 36.9 Å². The number of hydrogen-bond acceptors (Lipinski definition) is 4. The number of amides is 2. The average molecular weight is 300 g/mol. The van der Waals surface area contributed by atoms with Gasteiger partial charge in [-0.2, -0.15) is 0 Å². The number of ether oxygens (including phenoxy) is 1. The number of aryl methyl sites for hydroxylation is 1. The Kier molecular flexibility index (Phi) is 7.03. The van der Waals surface area contributed by atoms with Gasteiger partial charge in [0, 0.05) is 29.9 Å². The topological polar surface area (TPSA) is 87.7 Å². The predicted molar refractivity (Wildman–Crippen MR) is 77.0 cm³/mol. The first-order chi connectivity index (χ1) is 9.56. The molecule has 0 radical (unpaired) electrons. The number of carbonyl (C=O) groups is 2. The van der Waals surface area contributed by atoms with E-state index in [-0.39, 0.29) is 13.0 Å². The van der Waals surface area contributed by atoms with Crippen LogP contribution in [0.4, 0.5) is 4.79 Å². The summed E-state index contributed by atoms with van der Waals surface area (Å²) >= 11 is 1.64. The predicted octanol–water partition coefficient (Wildman–Crippen LogP) is 1.60. The summed E-state index contributed by atoms with van der Waals surface area (Å²) in [5.74, 6) is -1.07. The van der Waals surface area contributed by atoms with E-state index in [1.165, 1.54) is 12.0 Å². The fraction of sp³-hybridized carbons (Fsp3) is 0.538. The van der Waals surface area contributed by atoms with Crippen LogP contribution in [0.15, 0.2) is 12.1 Å². The van der Waals surface area contributed by atoms with Crippen molar-refractivity contribution >= 4 is 23.3 Å². The Labute approximate surface area is 122 Å². The maximum absolute atomic E-state index is 11.6. The lowest BCUT2D eigenvalue weighted by Gasteiger charge is -2.14. The van der Waals surface area contributed by atoms with Crippen molar-refractivity contribution in [3.8, 4) is 0 Å². The van der Waals surface area contributed by atoms with Gasteiger partial charge in [-0.25, -0.2) is 9.59 Å². The van der Waals surface area contributed by atoms with Crippen LogP contribution >= 0.6 is 11.3 Å². The van der Waals surface area contributed by atoms with Gasteiger partial charge in [0.15, 0.2) is 0 Å². The summed E-state index contributed by atoms with van der Waals surface area (Å²) in [4.78, 5) is 24.9. The highest BCUT2D eigenvalue weighted by Crippen LogP contribution is 2.16. The van der Waals surface area contributed by atoms with Crippen molar-refractivity contribution in [2.24, 2.45) is 0 Å². The SMILES string of the molecule is CCc1ccc(CNC(=O)NC(CCOC)C(=O)O)s1. The van der Waals surface area contributed by atoms with Crippen LogP contribution in [0.5, 0.6) is 0 Å². The van der Waals surface area contributed by atoms with Gasteiger partial charge in [-0.1, -0.05) is 6.92 Å². The Hall–Kier alpha value is -1.60. The van der Waals surface area contributed by atoms with Crippen molar-refractivity contribution in [2.45, 2.75) is 32.4 Å². The minimum Gasteiger partial charge on any atom is -0.480 e. The molecule has 6 nitrogen and oxygen atoms in total. The second-order valence-corrected chi connectivity index (χ2v) is 5.47. The molecule has 3 N–H and O–H groups in total. The minimum atomic E-state index is -1.07. The highest BCUT2D eigenvalue weighted by Gasteiger charge is 2.19. The third-order valence-corrected chi connectivity index (χ3v) is 3.93. The highest BCUT2D eigenvalue weighted by molar-refractivity contribution is 7.11. The monoisotopic (exact) mass is 300 g/mol. The zero-order valence-corrected chi connectivity index (χ0v) is 12.5. The lowest BCUT2D eigenvalue weighted by atomic mass is 10.2. The van der Waals surface area contributed by atoms with E-state index < -0.39 is 18.0 Å². The summed E-state index contributed by atoms with van der Waals surface area (Å²) in [6, 6.07) is 2.56. The third-order valence-electron chi connectivity index (χ3n) is 2.70. The molecule has 1 aromatic rings. The summed E-state index contributed by atoms with van der Waals surface area (Å²) in [6.07, 6.45) is 1.20. The van der Waals surface area contributed by atoms with Gasteiger partial charge in [-0.3, -0.25) is 0 Å². The molecule has 1 unspecified atom stereocenters. The summed E-state index contributed by atoms with van der Waals surface area (Å²) < 4.78 is 4.82. The number of methoxy groups -OCH3 is 1. The number of aliphatic carboxylic acids is 1. The maximum Gasteiger partial charge on any atom is 0.326 e. The summed E-state index contributed by atoms with van der Waals surface area (Å²) in [5, 5.41) is 14.0. The van der Waals surface area contributed by atoms with Gasteiger partial charge < -0.3 is 20.5 Å². The van der Waals surface area contributed by atoms with Crippen molar-refractivity contribution in [1.29, 1.82) is 0 Å². The number of carbonyl (C=O) groups excluding carboxylic acids is 1. The van der Waals surface area contributed by atoms with Crippen molar-refractivity contribution in [1.82, 2.24) is 10.6 Å². The van der Waals surface area contributed by atoms with E-state index >= 15 is 0 Å².